The number of hydrogen-bond donors (Lipinski definition) is 0. The van der Waals surface area contributed by atoms with Crippen molar-refractivity contribution in [3.63, 3.8) is 0 Å². The predicted octanol–water partition coefficient (Wildman–Crippen LogP) is 3.66. The van der Waals surface area contributed by atoms with E-state index in [9.17, 15) is 0 Å². The summed E-state index contributed by atoms with van der Waals surface area (Å²) in [5.74, 6) is 2.01. The Bertz CT molecular complexity index is 704. The predicted molar refractivity (Wildman–Crippen MR) is 107 cm³/mol. The molecule has 0 aromatic heterocycles. The van der Waals surface area contributed by atoms with E-state index in [2.05, 4.69) is 4.90 Å². The van der Waals surface area contributed by atoms with Crippen molar-refractivity contribution in [3.8, 4) is 17.2 Å². The average molecular weight is 392 g/mol. The van der Waals surface area contributed by atoms with E-state index in [1.54, 1.807) is 14.2 Å². The minimum Gasteiger partial charge on any atom is -0.493 e. The lowest BCUT2D eigenvalue weighted by Crippen LogP contribution is -2.38. The van der Waals surface area contributed by atoms with Gasteiger partial charge in [0.25, 0.3) is 0 Å². The molecule has 0 bridgehead atoms. The first-order chi connectivity index (χ1) is 13.2. The van der Waals surface area contributed by atoms with Crippen LogP contribution in [0.1, 0.15) is 11.1 Å². The van der Waals surface area contributed by atoms with E-state index < -0.39 is 0 Å². The highest BCUT2D eigenvalue weighted by Gasteiger charge is 2.16. The fourth-order valence-corrected chi connectivity index (χ4v) is 3.24. The summed E-state index contributed by atoms with van der Waals surface area (Å²) >= 11 is 5.97. The molecular formula is C21H26ClNO4. The van der Waals surface area contributed by atoms with Crippen LogP contribution in [-0.2, 0) is 11.2 Å². The van der Waals surface area contributed by atoms with Crippen LogP contribution in [-0.4, -0.2) is 58.6 Å². The molecule has 1 aliphatic rings. The maximum atomic E-state index is 6.02. The van der Waals surface area contributed by atoms with Crippen LogP contribution in [0, 0.1) is 0 Å². The summed E-state index contributed by atoms with van der Waals surface area (Å²) < 4.78 is 22.5. The first kappa shape index (κ1) is 19.8. The molecule has 2 aromatic carbocycles. The Kier molecular flexibility index (Phi) is 7.21. The molecule has 27 heavy (non-hydrogen) atoms. The summed E-state index contributed by atoms with van der Waals surface area (Å²) in [6.45, 7) is 4.87. The van der Waals surface area contributed by atoms with Crippen LogP contribution >= 0.6 is 11.6 Å². The van der Waals surface area contributed by atoms with Gasteiger partial charge in [-0.3, -0.25) is 4.90 Å². The number of hydrogen-bond acceptors (Lipinski definition) is 5. The van der Waals surface area contributed by atoms with Gasteiger partial charge in [-0.25, -0.2) is 0 Å². The molecule has 1 fully saturated rings. The van der Waals surface area contributed by atoms with Crippen molar-refractivity contribution in [1.29, 1.82) is 0 Å². The number of morpholine rings is 1. The van der Waals surface area contributed by atoms with Crippen molar-refractivity contribution < 1.29 is 18.9 Å². The lowest BCUT2D eigenvalue weighted by Gasteiger charge is -2.26. The van der Waals surface area contributed by atoms with Crippen LogP contribution in [0.3, 0.4) is 0 Å². The normalized spacial score (nSPS) is 14.8. The quantitative estimate of drug-likeness (QED) is 0.686. The van der Waals surface area contributed by atoms with Gasteiger partial charge >= 0.3 is 0 Å². The third kappa shape index (κ3) is 5.51. The summed E-state index contributed by atoms with van der Waals surface area (Å²) in [6.07, 6.45) is 0.762. The van der Waals surface area contributed by atoms with E-state index in [0.29, 0.717) is 23.9 Å². The smallest absolute Gasteiger partial charge is 0.203 e. The molecular weight excluding hydrogens is 366 g/mol. The van der Waals surface area contributed by atoms with Crippen molar-refractivity contribution in [2.24, 2.45) is 0 Å². The van der Waals surface area contributed by atoms with Gasteiger partial charge in [0.1, 0.15) is 6.61 Å². The van der Waals surface area contributed by atoms with Crippen LogP contribution < -0.4 is 14.2 Å². The summed E-state index contributed by atoms with van der Waals surface area (Å²) in [5.41, 5.74) is 2.26. The number of rotatable bonds is 8. The van der Waals surface area contributed by atoms with Crippen molar-refractivity contribution in [1.82, 2.24) is 4.90 Å². The maximum Gasteiger partial charge on any atom is 0.203 e. The number of methoxy groups -OCH3 is 2. The molecule has 3 rings (SSSR count). The van der Waals surface area contributed by atoms with Crippen LogP contribution in [0.4, 0.5) is 0 Å². The maximum absolute atomic E-state index is 6.02. The third-order valence-corrected chi connectivity index (χ3v) is 4.85. The minimum absolute atomic E-state index is 0.573. The van der Waals surface area contributed by atoms with Gasteiger partial charge in [-0.15, -0.1) is 0 Å². The second kappa shape index (κ2) is 9.83. The molecule has 0 aliphatic carbocycles. The molecule has 0 radical (unpaired) electrons. The second-order valence-corrected chi connectivity index (χ2v) is 6.87. The SMILES string of the molecule is COc1cc(Cc2ccc(Cl)cc2)cc(OC)c1OCCN1CCOCC1. The van der Waals surface area contributed by atoms with E-state index in [1.165, 1.54) is 5.56 Å². The number of nitrogens with zero attached hydrogens (tertiary/aromatic N) is 1. The fraction of sp³-hybridized carbons (Fsp3) is 0.429. The Morgan fingerprint density at radius 1 is 0.963 bits per heavy atom. The van der Waals surface area contributed by atoms with Crippen molar-refractivity contribution >= 4 is 11.6 Å². The molecule has 0 saturated carbocycles. The number of ether oxygens (including phenoxy) is 4. The molecule has 1 heterocycles. The molecule has 0 unspecified atom stereocenters. The van der Waals surface area contributed by atoms with Crippen molar-refractivity contribution in [2.45, 2.75) is 6.42 Å². The fourth-order valence-electron chi connectivity index (χ4n) is 3.12. The Labute approximate surface area is 165 Å². The largest absolute Gasteiger partial charge is 0.493 e. The lowest BCUT2D eigenvalue weighted by molar-refractivity contribution is 0.0319. The number of halogens is 1. The van der Waals surface area contributed by atoms with E-state index >= 15 is 0 Å². The monoisotopic (exact) mass is 391 g/mol. The molecule has 0 atom stereocenters. The number of benzene rings is 2. The Balaban J connectivity index is 1.70. The second-order valence-electron chi connectivity index (χ2n) is 6.44. The van der Waals surface area contributed by atoms with Gasteiger partial charge in [-0.2, -0.15) is 0 Å². The molecule has 146 valence electrons. The average Bonchev–Trinajstić information content (AvgIpc) is 2.71. The zero-order valence-corrected chi connectivity index (χ0v) is 16.6. The van der Waals surface area contributed by atoms with Gasteiger partial charge < -0.3 is 18.9 Å². The van der Waals surface area contributed by atoms with Gasteiger partial charge in [-0.1, -0.05) is 23.7 Å². The first-order valence-corrected chi connectivity index (χ1v) is 9.49. The van der Waals surface area contributed by atoms with Gasteiger partial charge in [0.15, 0.2) is 11.5 Å². The summed E-state index contributed by atoms with van der Waals surface area (Å²) in [7, 11) is 3.30. The van der Waals surface area contributed by atoms with E-state index in [1.807, 2.05) is 36.4 Å². The Morgan fingerprint density at radius 2 is 1.59 bits per heavy atom. The molecule has 0 amide bonds. The topological polar surface area (TPSA) is 40.2 Å². The lowest BCUT2D eigenvalue weighted by atomic mass is 10.0. The summed E-state index contributed by atoms with van der Waals surface area (Å²) in [6, 6.07) is 11.8. The highest BCUT2D eigenvalue weighted by Crippen LogP contribution is 2.39. The van der Waals surface area contributed by atoms with Crippen molar-refractivity contribution in [3.05, 3.63) is 52.5 Å². The summed E-state index contributed by atoms with van der Waals surface area (Å²) in [4.78, 5) is 2.33. The van der Waals surface area contributed by atoms with Crippen molar-refractivity contribution in [2.75, 3.05) is 53.7 Å². The van der Waals surface area contributed by atoms with Crippen LogP contribution in [0.15, 0.2) is 36.4 Å². The standard InChI is InChI=1S/C21H26ClNO4/c1-24-19-14-17(13-16-3-5-18(22)6-4-16)15-20(25-2)21(19)27-12-9-23-7-10-26-11-8-23/h3-6,14-15H,7-13H2,1-2H3. The zero-order chi connectivity index (χ0) is 19.1. The van der Waals surface area contributed by atoms with Gasteiger partial charge in [0, 0.05) is 24.7 Å². The van der Waals surface area contributed by atoms with Crippen LogP contribution in [0.5, 0.6) is 17.2 Å². The molecule has 0 N–H and O–H groups in total. The molecule has 1 aliphatic heterocycles. The minimum atomic E-state index is 0.573. The molecule has 5 nitrogen and oxygen atoms in total. The molecule has 6 heteroatoms. The van der Waals surface area contributed by atoms with E-state index in [4.69, 9.17) is 30.5 Å². The Hall–Kier alpha value is -1.95. The molecule has 2 aromatic rings. The highest BCUT2D eigenvalue weighted by atomic mass is 35.5. The first-order valence-electron chi connectivity index (χ1n) is 9.12. The van der Waals surface area contributed by atoms with Crippen LogP contribution in [0.2, 0.25) is 5.02 Å². The van der Waals surface area contributed by atoms with E-state index in [-0.39, 0.29) is 0 Å². The van der Waals surface area contributed by atoms with E-state index in [0.717, 1.165) is 49.9 Å². The van der Waals surface area contributed by atoms with Crippen LogP contribution in [0.25, 0.3) is 0 Å². The molecule has 0 spiro atoms. The third-order valence-electron chi connectivity index (χ3n) is 4.60. The van der Waals surface area contributed by atoms with Gasteiger partial charge in [0.05, 0.1) is 27.4 Å². The zero-order valence-electron chi connectivity index (χ0n) is 15.9. The molecule has 1 saturated heterocycles. The Morgan fingerprint density at radius 3 is 2.19 bits per heavy atom. The summed E-state index contributed by atoms with van der Waals surface area (Å²) in [5, 5.41) is 0.734. The van der Waals surface area contributed by atoms with Gasteiger partial charge in [-0.05, 0) is 41.8 Å². The van der Waals surface area contributed by atoms with Gasteiger partial charge in [0.2, 0.25) is 5.75 Å². The highest BCUT2D eigenvalue weighted by molar-refractivity contribution is 6.30.